The van der Waals surface area contributed by atoms with Gasteiger partial charge in [0.25, 0.3) is 0 Å². The maximum absolute atomic E-state index is 11.1. The molecular formula is C13H27N3O. The summed E-state index contributed by atoms with van der Waals surface area (Å²) in [5, 5.41) is 0. The lowest BCUT2D eigenvalue weighted by atomic mass is 10.0. The number of rotatable bonds is 7. The van der Waals surface area contributed by atoms with Crippen molar-refractivity contribution >= 4 is 5.91 Å². The topological polar surface area (TPSA) is 72.3 Å². The molecule has 0 aromatic rings. The van der Waals surface area contributed by atoms with Crippen LogP contribution >= 0.6 is 0 Å². The van der Waals surface area contributed by atoms with E-state index in [9.17, 15) is 4.79 Å². The summed E-state index contributed by atoms with van der Waals surface area (Å²) >= 11 is 0. The predicted octanol–water partition coefficient (Wildman–Crippen LogP) is 1.09. The monoisotopic (exact) mass is 241 g/mol. The van der Waals surface area contributed by atoms with Gasteiger partial charge in [-0.2, -0.15) is 0 Å². The fourth-order valence-electron chi connectivity index (χ4n) is 2.82. The summed E-state index contributed by atoms with van der Waals surface area (Å²) in [7, 11) is 0. The number of nitrogens with two attached hydrogens (primary N) is 2. The molecule has 100 valence electrons. The zero-order valence-corrected chi connectivity index (χ0v) is 11.2. The maximum atomic E-state index is 11.1. The van der Waals surface area contributed by atoms with Gasteiger partial charge in [-0.1, -0.05) is 26.7 Å². The first kappa shape index (κ1) is 14.5. The van der Waals surface area contributed by atoms with E-state index in [4.69, 9.17) is 11.5 Å². The number of nitrogens with zero attached hydrogens (tertiary/aromatic N) is 1. The standard InChI is InChI=1S/C13H27N3O/c1-10(2)9-16(11-5-3-4-6-11)12(8-14)7-13(15)17/h10-12H,3-9,14H2,1-2H3,(H2,15,17). The van der Waals surface area contributed by atoms with Crippen molar-refractivity contribution in [1.29, 1.82) is 0 Å². The number of hydrogen-bond donors (Lipinski definition) is 2. The molecule has 0 aromatic heterocycles. The molecule has 4 nitrogen and oxygen atoms in total. The molecule has 0 aliphatic heterocycles. The number of hydrogen-bond acceptors (Lipinski definition) is 3. The third-order valence-electron chi connectivity index (χ3n) is 3.55. The quantitative estimate of drug-likeness (QED) is 0.701. The summed E-state index contributed by atoms with van der Waals surface area (Å²) < 4.78 is 0. The molecule has 0 radical (unpaired) electrons. The van der Waals surface area contributed by atoms with Crippen LogP contribution in [0.1, 0.15) is 46.0 Å². The second-order valence-corrected chi connectivity index (χ2v) is 5.59. The lowest BCUT2D eigenvalue weighted by molar-refractivity contribution is -0.119. The van der Waals surface area contributed by atoms with E-state index in [-0.39, 0.29) is 11.9 Å². The molecule has 1 amide bonds. The number of carbonyl (C=O) groups excluding carboxylic acids is 1. The summed E-state index contributed by atoms with van der Waals surface area (Å²) in [6.07, 6.45) is 5.46. The van der Waals surface area contributed by atoms with Crippen molar-refractivity contribution in [2.75, 3.05) is 13.1 Å². The van der Waals surface area contributed by atoms with Crippen LogP contribution in [-0.2, 0) is 4.79 Å². The van der Waals surface area contributed by atoms with Crippen LogP contribution in [0, 0.1) is 5.92 Å². The number of carbonyl (C=O) groups is 1. The highest BCUT2D eigenvalue weighted by molar-refractivity contribution is 5.74. The summed E-state index contributed by atoms with van der Waals surface area (Å²) in [5.74, 6) is 0.352. The lowest BCUT2D eigenvalue weighted by Crippen LogP contribution is -2.49. The van der Waals surface area contributed by atoms with Crippen molar-refractivity contribution in [3.05, 3.63) is 0 Å². The van der Waals surface area contributed by atoms with Gasteiger partial charge in [-0.05, 0) is 18.8 Å². The van der Waals surface area contributed by atoms with E-state index in [1.165, 1.54) is 25.7 Å². The highest BCUT2D eigenvalue weighted by Crippen LogP contribution is 2.26. The molecule has 0 aromatic carbocycles. The largest absolute Gasteiger partial charge is 0.370 e. The summed E-state index contributed by atoms with van der Waals surface area (Å²) in [6.45, 7) is 5.95. The highest BCUT2D eigenvalue weighted by atomic mass is 16.1. The Hall–Kier alpha value is -0.610. The third-order valence-corrected chi connectivity index (χ3v) is 3.55. The second-order valence-electron chi connectivity index (χ2n) is 5.59. The molecule has 1 saturated carbocycles. The molecule has 1 aliphatic carbocycles. The first-order chi connectivity index (χ1) is 8.04. The van der Waals surface area contributed by atoms with Gasteiger partial charge in [0.2, 0.25) is 5.91 Å². The molecule has 1 unspecified atom stereocenters. The van der Waals surface area contributed by atoms with Crippen LogP contribution in [0.25, 0.3) is 0 Å². The van der Waals surface area contributed by atoms with E-state index in [1.807, 2.05) is 0 Å². The van der Waals surface area contributed by atoms with E-state index < -0.39 is 0 Å². The fraction of sp³-hybridized carbons (Fsp3) is 0.923. The Bertz CT molecular complexity index is 237. The summed E-state index contributed by atoms with van der Waals surface area (Å²) in [6, 6.07) is 0.725. The first-order valence-electron chi connectivity index (χ1n) is 6.78. The van der Waals surface area contributed by atoms with E-state index in [0.717, 1.165) is 6.54 Å². The molecule has 1 rings (SSSR count). The molecule has 17 heavy (non-hydrogen) atoms. The van der Waals surface area contributed by atoms with Gasteiger partial charge in [0.1, 0.15) is 0 Å². The van der Waals surface area contributed by atoms with E-state index in [0.29, 0.717) is 24.9 Å². The van der Waals surface area contributed by atoms with Gasteiger partial charge in [-0.15, -0.1) is 0 Å². The van der Waals surface area contributed by atoms with Crippen molar-refractivity contribution in [3.63, 3.8) is 0 Å². The predicted molar refractivity (Wildman–Crippen MR) is 70.5 cm³/mol. The van der Waals surface area contributed by atoms with Gasteiger partial charge in [0.05, 0.1) is 0 Å². The average Bonchev–Trinajstić information content (AvgIpc) is 2.75. The molecule has 4 N–H and O–H groups in total. The van der Waals surface area contributed by atoms with E-state index in [2.05, 4.69) is 18.7 Å². The van der Waals surface area contributed by atoms with Crippen LogP contribution in [0.5, 0.6) is 0 Å². The Balaban J connectivity index is 2.67. The molecule has 1 fully saturated rings. The van der Waals surface area contributed by atoms with Gasteiger partial charge < -0.3 is 11.5 Å². The molecule has 0 heterocycles. The van der Waals surface area contributed by atoms with Crippen molar-refractivity contribution in [1.82, 2.24) is 4.90 Å². The average molecular weight is 241 g/mol. The Morgan fingerprint density at radius 2 is 1.94 bits per heavy atom. The molecule has 1 atom stereocenters. The molecule has 0 saturated heterocycles. The van der Waals surface area contributed by atoms with Crippen LogP contribution in [0.15, 0.2) is 0 Å². The van der Waals surface area contributed by atoms with Gasteiger partial charge in [-0.25, -0.2) is 0 Å². The van der Waals surface area contributed by atoms with Gasteiger partial charge in [0.15, 0.2) is 0 Å². The van der Waals surface area contributed by atoms with Crippen LogP contribution in [0.2, 0.25) is 0 Å². The van der Waals surface area contributed by atoms with Crippen molar-refractivity contribution < 1.29 is 4.79 Å². The van der Waals surface area contributed by atoms with Crippen molar-refractivity contribution in [3.8, 4) is 0 Å². The number of primary amides is 1. The summed E-state index contributed by atoms with van der Waals surface area (Å²) in [5.41, 5.74) is 11.1. The third kappa shape index (κ3) is 4.64. The molecule has 4 heteroatoms. The van der Waals surface area contributed by atoms with Crippen LogP contribution < -0.4 is 11.5 Å². The SMILES string of the molecule is CC(C)CN(C1CCCC1)C(CN)CC(N)=O. The van der Waals surface area contributed by atoms with E-state index >= 15 is 0 Å². The van der Waals surface area contributed by atoms with Crippen molar-refractivity contribution in [2.45, 2.75) is 58.0 Å². The highest BCUT2D eigenvalue weighted by Gasteiger charge is 2.29. The number of amides is 1. The lowest BCUT2D eigenvalue weighted by Gasteiger charge is -2.36. The zero-order valence-electron chi connectivity index (χ0n) is 11.2. The van der Waals surface area contributed by atoms with Crippen LogP contribution in [-0.4, -0.2) is 36.0 Å². The molecule has 0 bridgehead atoms. The molecule has 1 aliphatic rings. The fourth-order valence-corrected chi connectivity index (χ4v) is 2.82. The van der Waals surface area contributed by atoms with E-state index in [1.54, 1.807) is 0 Å². The normalized spacial score (nSPS) is 19.1. The minimum Gasteiger partial charge on any atom is -0.370 e. The van der Waals surface area contributed by atoms with Crippen molar-refractivity contribution in [2.24, 2.45) is 17.4 Å². The van der Waals surface area contributed by atoms with Crippen LogP contribution in [0.3, 0.4) is 0 Å². The Morgan fingerprint density at radius 1 is 1.35 bits per heavy atom. The van der Waals surface area contributed by atoms with Gasteiger partial charge in [0, 0.05) is 31.6 Å². The van der Waals surface area contributed by atoms with Gasteiger partial charge in [-0.3, -0.25) is 9.69 Å². The first-order valence-corrected chi connectivity index (χ1v) is 6.78. The minimum absolute atomic E-state index is 0.123. The maximum Gasteiger partial charge on any atom is 0.219 e. The minimum atomic E-state index is -0.243. The summed E-state index contributed by atoms with van der Waals surface area (Å²) in [4.78, 5) is 13.5. The molecular weight excluding hydrogens is 214 g/mol. The Kier molecular flexibility index (Phi) is 5.92. The van der Waals surface area contributed by atoms with Gasteiger partial charge >= 0.3 is 0 Å². The Labute approximate surface area is 105 Å². The smallest absolute Gasteiger partial charge is 0.219 e. The molecule has 0 spiro atoms. The van der Waals surface area contributed by atoms with Crippen LogP contribution in [0.4, 0.5) is 0 Å². The zero-order chi connectivity index (χ0) is 12.8. The second kappa shape index (κ2) is 6.97. The Morgan fingerprint density at radius 3 is 2.35 bits per heavy atom.